The van der Waals surface area contributed by atoms with Crippen LogP contribution < -0.4 is 10.1 Å². The second-order valence-corrected chi connectivity index (χ2v) is 4.51. The molecule has 4 heteroatoms. The Morgan fingerprint density at radius 1 is 1.22 bits per heavy atom. The van der Waals surface area contributed by atoms with E-state index in [1.165, 1.54) is 0 Å². The Balaban J connectivity index is 2.07. The third-order valence-electron chi connectivity index (χ3n) is 2.50. The van der Waals surface area contributed by atoms with Gasteiger partial charge >= 0.3 is 0 Å². The van der Waals surface area contributed by atoms with E-state index in [0.29, 0.717) is 6.61 Å². The highest BCUT2D eigenvalue weighted by Gasteiger charge is 1.99. The summed E-state index contributed by atoms with van der Waals surface area (Å²) in [5.74, 6) is 0.895. The van der Waals surface area contributed by atoms with E-state index >= 15 is 0 Å². The van der Waals surface area contributed by atoms with Gasteiger partial charge in [0.15, 0.2) is 0 Å². The minimum atomic E-state index is 0.670. The molecule has 3 nitrogen and oxygen atoms in total. The van der Waals surface area contributed by atoms with Crippen LogP contribution in [0.3, 0.4) is 0 Å². The Morgan fingerprint density at radius 3 is 2.78 bits per heavy atom. The van der Waals surface area contributed by atoms with Gasteiger partial charge in [0, 0.05) is 24.6 Å². The van der Waals surface area contributed by atoms with Crippen molar-refractivity contribution in [1.29, 1.82) is 0 Å². The summed E-state index contributed by atoms with van der Waals surface area (Å²) in [7, 11) is 0. The van der Waals surface area contributed by atoms with Crippen molar-refractivity contribution >= 4 is 11.6 Å². The molecule has 1 aromatic rings. The van der Waals surface area contributed by atoms with E-state index in [4.69, 9.17) is 21.1 Å². The first-order chi connectivity index (χ1) is 8.74. The average Bonchev–Trinajstić information content (AvgIpc) is 2.35. The molecule has 18 heavy (non-hydrogen) atoms. The Kier molecular flexibility index (Phi) is 7.81. The maximum atomic E-state index is 5.88. The summed E-state index contributed by atoms with van der Waals surface area (Å²) in [6.45, 7) is 8.14. The van der Waals surface area contributed by atoms with Crippen molar-refractivity contribution in [2.45, 2.75) is 20.3 Å². The van der Waals surface area contributed by atoms with Crippen LogP contribution in [-0.4, -0.2) is 32.9 Å². The third kappa shape index (κ3) is 6.24. The van der Waals surface area contributed by atoms with E-state index in [-0.39, 0.29) is 0 Å². The summed E-state index contributed by atoms with van der Waals surface area (Å²) in [4.78, 5) is 0. The minimum absolute atomic E-state index is 0.670. The van der Waals surface area contributed by atoms with Crippen LogP contribution >= 0.6 is 11.6 Å². The van der Waals surface area contributed by atoms with Crippen LogP contribution in [-0.2, 0) is 4.74 Å². The summed E-state index contributed by atoms with van der Waals surface area (Å²) >= 11 is 5.88. The molecule has 0 radical (unpaired) electrons. The van der Waals surface area contributed by atoms with Gasteiger partial charge in [0.05, 0.1) is 13.2 Å². The van der Waals surface area contributed by atoms with Gasteiger partial charge in [-0.1, -0.05) is 18.5 Å². The van der Waals surface area contributed by atoms with Crippen molar-refractivity contribution in [2.24, 2.45) is 0 Å². The zero-order valence-corrected chi connectivity index (χ0v) is 11.9. The van der Waals surface area contributed by atoms with Crippen molar-refractivity contribution in [3.05, 3.63) is 28.8 Å². The van der Waals surface area contributed by atoms with E-state index in [1.807, 2.05) is 25.1 Å². The van der Waals surface area contributed by atoms with Crippen LogP contribution in [0.2, 0.25) is 5.02 Å². The number of ether oxygens (including phenoxy) is 2. The van der Waals surface area contributed by atoms with Crippen LogP contribution in [0.4, 0.5) is 0 Å². The number of halogens is 1. The molecule has 0 bridgehead atoms. The van der Waals surface area contributed by atoms with Gasteiger partial charge in [-0.3, -0.25) is 0 Å². The molecule has 0 unspecified atom stereocenters. The number of benzene rings is 1. The lowest BCUT2D eigenvalue weighted by atomic mass is 10.2. The van der Waals surface area contributed by atoms with Crippen molar-refractivity contribution in [3.63, 3.8) is 0 Å². The van der Waals surface area contributed by atoms with Gasteiger partial charge in [0.2, 0.25) is 0 Å². The number of likely N-dealkylation sites (N-methyl/N-ethyl adjacent to an activating group) is 1. The fourth-order valence-corrected chi connectivity index (χ4v) is 1.77. The van der Waals surface area contributed by atoms with Gasteiger partial charge in [-0.2, -0.15) is 0 Å². The quantitative estimate of drug-likeness (QED) is 0.701. The van der Waals surface area contributed by atoms with Crippen LogP contribution in [0.5, 0.6) is 5.75 Å². The smallest absolute Gasteiger partial charge is 0.122 e. The molecule has 0 heterocycles. The number of rotatable bonds is 9. The third-order valence-corrected chi connectivity index (χ3v) is 2.74. The summed E-state index contributed by atoms with van der Waals surface area (Å²) < 4.78 is 11.1. The van der Waals surface area contributed by atoms with Gasteiger partial charge in [-0.15, -0.1) is 0 Å². The van der Waals surface area contributed by atoms with Gasteiger partial charge in [0.25, 0.3) is 0 Å². The van der Waals surface area contributed by atoms with E-state index < -0.39 is 0 Å². The van der Waals surface area contributed by atoms with E-state index in [9.17, 15) is 0 Å². The lowest BCUT2D eigenvalue weighted by Gasteiger charge is -2.09. The molecule has 0 spiro atoms. The first kappa shape index (κ1) is 15.3. The zero-order chi connectivity index (χ0) is 13.2. The van der Waals surface area contributed by atoms with Crippen LogP contribution in [0.1, 0.15) is 18.9 Å². The Morgan fingerprint density at radius 2 is 2.06 bits per heavy atom. The molecule has 102 valence electrons. The number of nitrogens with one attached hydrogen (secondary N) is 1. The fraction of sp³-hybridized carbons (Fsp3) is 0.571. The van der Waals surface area contributed by atoms with E-state index in [2.05, 4.69) is 12.2 Å². The van der Waals surface area contributed by atoms with Crippen molar-refractivity contribution in [2.75, 3.05) is 32.9 Å². The van der Waals surface area contributed by atoms with Crippen LogP contribution in [0.25, 0.3) is 0 Å². The lowest BCUT2D eigenvalue weighted by Crippen LogP contribution is -2.19. The zero-order valence-electron chi connectivity index (χ0n) is 11.2. The highest BCUT2D eigenvalue weighted by Crippen LogP contribution is 2.21. The molecular formula is C14H22ClNO2. The molecule has 0 aliphatic carbocycles. The molecule has 0 saturated heterocycles. The Hall–Kier alpha value is -0.770. The molecule has 0 aliphatic rings. The lowest BCUT2D eigenvalue weighted by molar-refractivity contribution is 0.121. The fourth-order valence-electron chi connectivity index (χ4n) is 1.54. The second-order valence-electron chi connectivity index (χ2n) is 4.08. The standard InChI is InChI=1S/C14H22ClNO2/c1-3-16-7-10-17-8-4-9-18-14-6-5-13(15)11-12(14)2/h5-6,11,16H,3-4,7-10H2,1-2H3. The molecule has 1 aromatic carbocycles. The number of hydrogen-bond acceptors (Lipinski definition) is 3. The molecule has 1 rings (SSSR count). The number of aryl methyl sites for hydroxylation is 1. The monoisotopic (exact) mass is 271 g/mol. The molecular weight excluding hydrogens is 250 g/mol. The highest BCUT2D eigenvalue weighted by atomic mass is 35.5. The SMILES string of the molecule is CCNCCOCCCOc1ccc(Cl)cc1C. The molecule has 0 fully saturated rings. The predicted molar refractivity (Wildman–Crippen MR) is 75.7 cm³/mol. The predicted octanol–water partition coefficient (Wildman–Crippen LogP) is 3.04. The van der Waals surface area contributed by atoms with Crippen molar-refractivity contribution < 1.29 is 9.47 Å². The van der Waals surface area contributed by atoms with E-state index in [1.54, 1.807) is 0 Å². The molecule has 0 aliphatic heterocycles. The minimum Gasteiger partial charge on any atom is -0.493 e. The summed E-state index contributed by atoms with van der Waals surface area (Å²) in [6.07, 6.45) is 0.897. The average molecular weight is 272 g/mol. The highest BCUT2D eigenvalue weighted by molar-refractivity contribution is 6.30. The van der Waals surface area contributed by atoms with Crippen molar-refractivity contribution in [1.82, 2.24) is 5.32 Å². The van der Waals surface area contributed by atoms with E-state index in [0.717, 1.165) is 49.1 Å². The molecule has 0 atom stereocenters. The molecule has 0 amide bonds. The van der Waals surface area contributed by atoms with Gasteiger partial charge in [-0.05, 0) is 37.2 Å². The largest absolute Gasteiger partial charge is 0.493 e. The first-order valence-corrected chi connectivity index (χ1v) is 6.79. The second kappa shape index (κ2) is 9.20. The molecule has 0 aromatic heterocycles. The van der Waals surface area contributed by atoms with Crippen LogP contribution in [0, 0.1) is 6.92 Å². The molecule has 1 N–H and O–H groups in total. The van der Waals surface area contributed by atoms with Crippen molar-refractivity contribution in [3.8, 4) is 5.75 Å². The Bertz CT molecular complexity index is 345. The van der Waals surface area contributed by atoms with Crippen LogP contribution in [0.15, 0.2) is 18.2 Å². The topological polar surface area (TPSA) is 30.5 Å². The van der Waals surface area contributed by atoms with Gasteiger partial charge in [-0.25, -0.2) is 0 Å². The molecule has 0 saturated carbocycles. The maximum Gasteiger partial charge on any atom is 0.122 e. The summed E-state index contributed by atoms with van der Waals surface area (Å²) in [6, 6.07) is 5.66. The maximum absolute atomic E-state index is 5.88. The Labute approximate surface area is 114 Å². The van der Waals surface area contributed by atoms with Gasteiger partial charge < -0.3 is 14.8 Å². The summed E-state index contributed by atoms with van der Waals surface area (Å²) in [5, 5.41) is 3.95. The normalized spacial score (nSPS) is 10.6. The van der Waals surface area contributed by atoms with Gasteiger partial charge in [0.1, 0.15) is 5.75 Å². The number of hydrogen-bond donors (Lipinski definition) is 1. The first-order valence-electron chi connectivity index (χ1n) is 6.41. The summed E-state index contributed by atoms with van der Waals surface area (Å²) in [5.41, 5.74) is 1.07.